The van der Waals surface area contributed by atoms with E-state index in [0.717, 1.165) is 75.1 Å². The molecule has 9 heteroatoms. The Balaban J connectivity index is 0.00000165. The Morgan fingerprint density at radius 2 is 1.59 bits per heavy atom. The summed E-state index contributed by atoms with van der Waals surface area (Å²) in [5, 5.41) is 3.26. The van der Waals surface area contributed by atoms with Crippen LogP contribution >= 0.6 is 0 Å². The summed E-state index contributed by atoms with van der Waals surface area (Å²) in [4.78, 5) is 14.1. The standard InChI is InChI=1S/C26H40N8.C3H8.C2H5N.C2H6.C2H4/c1-6-31-12-11-24(19-31)34-22(3)33(18-23-9-7-21(2)8-10-23)26(25(34)17-27-4)28-20-29-32-15-13-30(5)14-16-32;1-3-2;1-2-3;2*1-2/h7-10,17,24,29H,3-4,6,11-16,18-20H2,1-2,5H3;3H2,1-2H3;2H,1,3H2;1-2H3;1-2H2/b25-17+,28-26+;;;;. The quantitative estimate of drug-likeness (QED) is 0.352. The largest absolute Gasteiger partial charge is 0.405 e. The van der Waals surface area contributed by atoms with Gasteiger partial charge in [0.25, 0.3) is 0 Å². The summed E-state index contributed by atoms with van der Waals surface area (Å²) < 4.78 is 4.58. The minimum absolute atomic E-state index is 0.360. The van der Waals surface area contributed by atoms with E-state index in [4.69, 9.17) is 4.99 Å². The monoisotopic (exact) mass is 610 g/mol. The van der Waals surface area contributed by atoms with Crippen LogP contribution in [0, 0.1) is 6.92 Å². The summed E-state index contributed by atoms with van der Waals surface area (Å²) in [7, 11) is 2.17. The number of hydrazine groups is 1. The van der Waals surface area contributed by atoms with Crippen LogP contribution in [0.4, 0.5) is 0 Å². The third-order valence-electron chi connectivity index (χ3n) is 7.10. The molecule has 2 aliphatic heterocycles. The van der Waals surface area contributed by atoms with Gasteiger partial charge in [0.15, 0.2) is 5.49 Å². The van der Waals surface area contributed by atoms with Gasteiger partial charge in [-0.05, 0) is 45.4 Å². The van der Waals surface area contributed by atoms with Crippen molar-refractivity contribution >= 4 is 19.5 Å². The maximum absolute atomic E-state index is 5.05. The van der Waals surface area contributed by atoms with Crippen molar-refractivity contribution < 1.29 is 0 Å². The third kappa shape index (κ3) is 13.2. The fourth-order valence-electron chi connectivity index (χ4n) is 4.94. The molecule has 3 N–H and O–H groups in total. The van der Waals surface area contributed by atoms with Gasteiger partial charge in [-0.1, -0.05) is 84.0 Å². The first-order valence-electron chi connectivity index (χ1n) is 16.1. The van der Waals surface area contributed by atoms with Crippen LogP contribution in [0.2, 0.25) is 0 Å². The molecule has 0 aliphatic carbocycles. The van der Waals surface area contributed by atoms with Crippen molar-refractivity contribution in [3.8, 4) is 0 Å². The molecule has 3 heterocycles. The Morgan fingerprint density at radius 3 is 2.09 bits per heavy atom. The van der Waals surface area contributed by atoms with Crippen molar-refractivity contribution in [1.82, 2.24) is 29.4 Å². The van der Waals surface area contributed by atoms with Gasteiger partial charge in [0.1, 0.15) is 17.5 Å². The summed E-state index contributed by atoms with van der Waals surface area (Å²) in [6, 6.07) is 9.06. The first-order chi connectivity index (χ1) is 21.3. The lowest BCUT2D eigenvalue weighted by molar-refractivity contribution is 0.106. The van der Waals surface area contributed by atoms with E-state index in [1.54, 1.807) is 0 Å². The normalized spacial score (nSPS) is 17.6. The summed E-state index contributed by atoms with van der Waals surface area (Å²) in [5.74, 6) is 0. The number of likely N-dealkylation sites (tertiary alicyclic amines) is 1. The molecule has 0 saturated carbocycles. The molecule has 1 aromatic carbocycles. The number of aryl methyl sites for hydroxylation is 1. The number of aromatic nitrogens is 2. The summed E-state index contributed by atoms with van der Waals surface area (Å²) in [6.07, 6.45) is 5.45. The first-order valence-corrected chi connectivity index (χ1v) is 16.1. The van der Waals surface area contributed by atoms with Crippen LogP contribution in [0.25, 0.3) is 12.8 Å². The minimum Gasteiger partial charge on any atom is -0.405 e. The Labute approximate surface area is 268 Å². The highest BCUT2D eigenvalue weighted by Gasteiger charge is 2.25. The Morgan fingerprint density at radius 1 is 1.02 bits per heavy atom. The Bertz CT molecular complexity index is 1220. The second kappa shape index (κ2) is 24.1. The topological polar surface area (TPSA) is 82.3 Å². The van der Waals surface area contributed by atoms with E-state index in [1.165, 1.54) is 23.7 Å². The molecule has 0 radical (unpaired) electrons. The number of aliphatic imine (C=N–C) groups is 1. The molecule has 0 bridgehead atoms. The molecule has 1 unspecified atom stereocenters. The smallest absolute Gasteiger partial charge is 0.156 e. The van der Waals surface area contributed by atoms with Crippen LogP contribution in [-0.2, 0) is 6.54 Å². The molecular formula is C35H63N9. The number of likely N-dealkylation sites (N-methyl/N-ethyl adjacent to an activating group) is 2. The highest BCUT2D eigenvalue weighted by atomic mass is 15.5. The Kier molecular flexibility index (Phi) is 22.3. The fourth-order valence-corrected chi connectivity index (χ4v) is 4.94. The number of imidazole rings is 1. The van der Waals surface area contributed by atoms with Crippen LogP contribution in [0.15, 0.2) is 60.2 Å². The number of hydrogen-bond donors (Lipinski definition) is 2. The van der Waals surface area contributed by atoms with Crippen LogP contribution in [0.5, 0.6) is 0 Å². The molecule has 44 heavy (non-hydrogen) atoms. The predicted molar refractivity (Wildman–Crippen MR) is 193 cm³/mol. The number of hydrogen-bond acceptors (Lipinski definition) is 7. The lowest BCUT2D eigenvalue weighted by Gasteiger charge is -2.32. The Hall–Kier alpha value is -3.24. The molecule has 2 aromatic rings. The molecule has 2 saturated heterocycles. The van der Waals surface area contributed by atoms with Crippen molar-refractivity contribution in [2.75, 3.05) is 59.5 Å². The van der Waals surface area contributed by atoms with Crippen molar-refractivity contribution in [3.63, 3.8) is 0 Å². The van der Waals surface area contributed by atoms with Gasteiger partial charge < -0.3 is 24.7 Å². The number of rotatable bonds is 8. The molecule has 9 nitrogen and oxygen atoms in total. The van der Waals surface area contributed by atoms with Crippen LogP contribution < -0.4 is 27.5 Å². The van der Waals surface area contributed by atoms with Gasteiger partial charge in [-0.2, -0.15) is 0 Å². The van der Waals surface area contributed by atoms with Gasteiger partial charge in [0, 0.05) is 45.3 Å². The summed E-state index contributed by atoms with van der Waals surface area (Å²) >= 11 is 0. The van der Waals surface area contributed by atoms with Gasteiger partial charge in [0.05, 0.1) is 12.7 Å². The predicted octanol–water partition coefficient (Wildman–Crippen LogP) is 3.71. The summed E-state index contributed by atoms with van der Waals surface area (Å²) in [5.41, 5.74) is 12.5. The molecule has 248 valence electrons. The zero-order chi connectivity index (χ0) is 33.5. The van der Waals surface area contributed by atoms with Gasteiger partial charge in [-0.15, -0.1) is 13.2 Å². The molecular weight excluding hydrogens is 546 g/mol. The van der Waals surface area contributed by atoms with E-state index in [2.05, 4.69) is 132 Å². The average molecular weight is 610 g/mol. The highest BCUT2D eigenvalue weighted by molar-refractivity contribution is 5.35. The third-order valence-corrected chi connectivity index (χ3v) is 7.10. The maximum atomic E-state index is 5.05. The number of piperazine rings is 1. The first kappa shape index (κ1) is 40.8. The van der Waals surface area contributed by atoms with E-state index < -0.39 is 0 Å². The van der Waals surface area contributed by atoms with Gasteiger partial charge in [0.2, 0.25) is 0 Å². The number of benzene rings is 1. The van der Waals surface area contributed by atoms with Gasteiger partial charge >= 0.3 is 0 Å². The van der Waals surface area contributed by atoms with Crippen LogP contribution in [-0.4, -0.2) is 90.2 Å². The minimum atomic E-state index is 0.360. The van der Waals surface area contributed by atoms with Gasteiger partial charge in [-0.25, -0.2) is 15.4 Å². The molecule has 2 fully saturated rings. The fraction of sp³-hybridized carbons (Fsp3) is 0.543. The van der Waals surface area contributed by atoms with Crippen molar-refractivity contribution in [3.05, 3.63) is 77.6 Å². The zero-order valence-electron chi connectivity index (χ0n) is 29.1. The second-order valence-electron chi connectivity index (χ2n) is 10.4. The molecule has 0 spiro atoms. The zero-order valence-corrected chi connectivity index (χ0v) is 29.1. The number of nitrogens with zero attached hydrogens (tertiary/aromatic N) is 7. The molecule has 0 amide bonds. The molecule has 2 aliphatic rings. The van der Waals surface area contributed by atoms with E-state index >= 15 is 0 Å². The van der Waals surface area contributed by atoms with Crippen LogP contribution in [0.1, 0.15) is 64.6 Å². The van der Waals surface area contributed by atoms with Crippen molar-refractivity contribution in [2.24, 2.45) is 15.7 Å². The van der Waals surface area contributed by atoms with E-state index in [-0.39, 0.29) is 0 Å². The van der Waals surface area contributed by atoms with E-state index in [1.807, 2.05) is 20.0 Å². The van der Waals surface area contributed by atoms with Crippen molar-refractivity contribution in [1.29, 1.82) is 0 Å². The van der Waals surface area contributed by atoms with Crippen molar-refractivity contribution in [2.45, 2.75) is 67.0 Å². The van der Waals surface area contributed by atoms with Gasteiger partial charge in [-0.3, -0.25) is 4.99 Å². The second-order valence-corrected chi connectivity index (χ2v) is 10.4. The molecule has 1 aromatic heterocycles. The number of nitrogens with one attached hydrogen (secondary N) is 1. The van der Waals surface area contributed by atoms with Crippen LogP contribution in [0.3, 0.4) is 0 Å². The average Bonchev–Trinajstić information content (AvgIpc) is 3.61. The maximum Gasteiger partial charge on any atom is 0.156 e. The lowest BCUT2D eigenvalue weighted by atomic mass is 10.1. The highest BCUT2D eigenvalue weighted by Crippen LogP contribution is 2.18. The lowest BCUT2D eigenvalue weighted by Crippen LogP contribution is -2.51. The molecule has 1 atom stereocenters. The van der Waals surface area contributed by atoms with E-state index in [9.17, 15) is 0 Å². The van der Waals surface area contributed by atoms with E-state index in [0.29, 0.717) is 12.7 Å². The SMILES string of the molecule is C=C.C=CN.C=N/C=c1\c(=N/CNN2CCN(C)CC2)n(Cc2ccc(C)cc2)c(=C)n1C1CCN(CC)C1.CC.CCC. The summed E-state index contributed by atoms with van der Waals surface area (Å²) in [6.45, 7) is 38.6. The molecule has 4 rings (SSSR count). The number of nitrogens with two attached hydrogens (primary N) is 1.